The number of pyridine rings is 1. The predicted molar refractivity (Wildman–Crippen MR) is 90.9 cm³/mol. The van der Waals surface area contributed by atoms with Gasteiger partial charge in [0.2, 0.25) is 0 Å². The number of carbonyl (C=O) groups is 1. The molecule has 3 rings (SSSR count). The van der Waals surface area contributed by atoms with Gasteiger partial charge in [0.25, 0.3) is 5.91 Å². The first-order chi connectivity index (χ1) is 11.3. The molecule has 1 unspecified atom stereocenters. The summed E-state index contributed by atoms with van der Waals surface area (Å²) in [6.45, 7) is 1.96. The highest BCUT2D eigenvalue weighted by Gasteiger charge is 2.19. The fourth-order valence-corrected chi connectivity index (χ4v) is 2.82. The fraction of sp³-hybridized carbons (Fsp3) is 0.333. The number of benzene rings is 1. The van der Waals surface area contributed by atoms with E-state index in [0.29, 0.717) is 11.7 Å². The zero-order chi connectivity index (χ0) is 16.1. The maximum absolute atomic E-state index is 12.1. The Labute approximate surface area is 136 Å². The lowest BCUT2D eigenvalue weighted by atomic mass is 10.1. The molecule has 2 heterocycles. The second kappa shape index (κ2) is 7.24. The highest BCUT2D eigenvalue weighted by atomic mass is 16.5. The molecule has 0 saturated carbocycles. The standard InChI is InChI=1S/C18H21N3O2/c1-23-17-5-3-11-21(13-17)16-8-6-15(7-9-16)20-18(22)14-4-2-10-19-12-14/h2,4,6-10,12,17H,3,5,11,13H2,1H3,(H,20,22). The largest absolute Gasteiger partial charge is 0.380 e. The van der Waals surface area contributed by atoms with Crippen LogP contribution in [0.25, 0.3) is 0 Å². The van der Waals surface area contributed by atoms with Crippen molar-refractivity contribution in [2.24, 2.45) is 0 Å². The summed E-state index contributed by atoms with van der Waals surface area (Å²) in [6.07, 6.45) is 5.76. The molecule has 0 spiro atoms. The second-order valence-corrected chi connectivity index (χ2v) is 5.69. The Morgan fingerprint density at radius 1 is 1.30 bits per heavy atom. The zero-order valence-corrected chi connectivity index (χ0v) is 13.2. The molecule has 23 heavy (non-hydrogen) atoms. The Kier molecular flexibility index (Phi) is 4.88. The van der Waals surface area contributed by atoms with Crippen molar-refractivity contribution < 1.29 is 9.53 Å². The fourth-order valence-electron chi connectivity index (χ4n) is 2.82. The van der Waals surface area contributed by atoms with Crippen molar-refractivity contribution in [3.8, 4) is 0 Å². The van der Waals surface area contributed by atoms with Crippen molar-refractivity contribution in [2.75, 3.05) is 30.4 Å². The van der Waals surface area contributed by atoms with Crippen LogP contribution < -0.4 is 10.2 Å². The number of aromatic nitrogens is 1. The summed E-state index contributed by atoms with van der Waals surface area (Å²) in [6, 6.07) is 11.4. The molecular weight excluding hydrogens is 290 g/mol. The summed E-state index contributed by atoms with van der Waals surface area (Å²) in [7, 11) is 1.77. The van der Waals surface area contributed by atoms with Crippen molar-refractivity contribution >= 4 is 17.3 Å². The molecule has 1 N–H and O–H groups in total. The molecule has 5 heteroatoms. The van der Waals surface area contributed by atoms with Crippen molar-refractivity contribution in [3.05, 3.63) is 54.4 Å². The lowest BCUT2D eigenvalue weighted by Crippen LogP contribution is -2.39. The van der Waals surface area contributed by atoms with E-state index in [2.05, 4.69) is 15.2 Å². The van der Waals surface area contributed by atoms with Crippen molar-refractivity contribution in [1.82, 2.24) is 4.98 Å². The summed E-state index contributed by atoms with van der Waals surface area (Å²) >= 11 is 0. The number of carbonyl (C=O) groups excluding carboxylic acids is 1. The van der Waals surface area contributed by atoms with Gasteiger partial charge in [-0.2, -0.15) is 0 Å². The molecule has 120 valence electrons. The lowest BCUT2D eigenvalue weighted by molar-refractivity contribution is 0.0893. The van der Waals surface area contributed by atoms with Crippen molar-refractivity contribution in [3.63, 3.8) is 0 Å². The van der Waals surface area contributed by atoms with Crippen LogP contribution in [0, 0.1) is 0 Å². The zero-order valence-electron chi connectivity index (χ0n) is 13.2. The normalized spacial score (nSPS) is 17.8. The lowest BCUT2D eigenvalue weighted by Gasteiger charge is -2.33. The smallest absolute Gasteiger partial charge is 0.257 e. The van der Waals surface area contributed by atoms with Crippen LogP contribution in [0.2, 0.25) is 0 Å². The SMILES string of the molecule is COC1CCCN(c2ccc(NC(=O)c3cccnc3)cc2)C1. The van der Waals surface area contributed by atoms with Gasteiger partial charge in [-0.15, -0.1) is 0 Å². The molecule has 1 aromatic carbocycles. The average molecular weight is 311 g/mol. The first-order valence-corrected chi connectivity index (χ1v) is 7.85. The van der Waals surface area contributed by atoms with E-state index in [-0.39, 0.29) is 5.91 Å². The summed E-state index contributed by atoms with van der Waals surface area (Å²) in [5.41, 5.74) is 2.49. The quantitative estimate of drug-likeness (QED) is 0.943. The number of amides is 1. The van der Waals surface area contributed by atoms with E-state index in [1.165, 1.54) is 0 Å². The Morgan fingerprint density at radius 3 is 2.83 bits per heavy atom. The summed E-state index contributed by atoms with van der Waals surface area (Å²) < 4.78 is 5.46. The van der Waals surface area contributed by atoms with Gasteiger partial charge < -0.3 is 15.0 Å². The van der Waals surface area contributed by atoms with E-state index in [0.717, 1.165) is 37.3 Å². The number of nitrogens with zero attached hydrogens (tertiary/aromatic N) is 2. The molecule has 1 aliphatic rings. The molecular formula is C18H21N3O2. The molecule has 1 fully saturated rings. The monoisotopic (exact) mass is 311 g/mol. The third-order valence-corrected chi connectivity index (χ3v) is 4.13. The second-order valence-electron chi connectivity index (χ2n) is 5.69. The number of rotatable bonds is 4. The molecule has 0 bridgehead atoms. The molecule has 0 aliphatic carbocycles. The minimum Gasteiger partial charge on any atom is -0.380 e. The minimum absolute atomic E-state index is 0.150. The van der Waals surface area contributed by atoms with E-state index in [4.69, 9.17) is 4.74 Å². The molecule has 1 atom stereocenters. The Morgan fingerprint density at radius 2 is 2.13 bits per heavy atom. The molecule has 1 aromatic heterocycles. The molecule has 5 nitrogen and oxygen atoms in total. The molecule has 1 aliphatic heterocycles. The highest BCUT2D eigenvalue weighted by Crippen LogP contribution is 2.23. The van der Waals surface area contributed by atoms with Crippen LogP contribution in [0.1, 0.15) is 23.2 Å². The summed E-state index contributed by atoms with van der Waals surface area (Å²) in [4.78, 5) is 18.4. The van der Waals surface area contributed by atoms with Gasteiger partial charge in [-0.3, -0.25) is 9.78 Å². The van der Waals surface area contributed by atoms with Gasteiger partial charge in [-0.25, -0.2) is 0 Å². The van der Waals surface area contributed by atoms with Crippen LogP contribution in [-0.2, 0) is 4.74 Å². The number of hydrogen-bond acceptors (Lipinski definition) is 4. The van der Waals surface area contributed by atoms with E-state index < -0.39 is 0 Å². The van der Waals surface area contributed by atoms with E-state index in [9.17, 15) is 4.79 Å². The van der Waals surface area contributed by atoms with Gasteiger partial charge in [0.15, 0.2) is 0 Å². The van der Waals surface area contributed by atoms with Gasteiger partial charge in [0, 0.05) is 44.0 Å². The maximum atomic E-state index is 12.1. The summed E-state index contributed by atoms with van der Waals surface area (Å²) in [5.74, 6) is -0.150. The number of ether oxygens (including phenoxy) is 1. The van der Waals surface area contributed by atoms with E-state index in [1.807, 2.05) is 24.3 Å². The van der Waals surface area contributed by atoms with Gasteiger partial charge in [0.1, 0.15) is 0 Å². The van der Waals surface area contributed by atoms with Crippen LogP contribution in [0.4, 0.5) is 11.4 Å². The van der Waals surface area contributed by atoms with Crippen LogP contribution >= 0.6 is 0 Å². The Bertz CT molecular complexity index is 643. The van der Waals surface area contributed by atoms with Gasteiger partial charge >= 0.3 is 0 Å². The van der Waals surface area contributed by atoms with E-state index >= 15 is 0 Å². The number of piperidine rings is 1. The minimum atomic E-state index is -0.150. The summed E-state index contributed by atoms with van der Waals surface area (Å²) in [5, 5.41) is 2.89. The number of methoxy groups -OCH3 is 1. The van der Waals surface area contributed by atoms with Crippen LogP contribution in [0.3, 0.4) is 0 Å². The topological polar surface area (TPSA) is 54.5 Å². The van der Waals surface area contributed by atoms with Gasteiger partial charge in [-0.1, -0.05) is 0 Å². The molecule has 2 aromatic rings. The van der Waals surface area contributed by atoms with Crippen LogP contribution in [0.15, 0.2) is 48.8 Å². The Hall–Kier alpha value is -2.40. The molecule has 1 saturated heterocycles. The third kappa shape index (κ3) is 3.87. The van der Waals surface area contributed by atoms with E-state index in [1.54, 1.807) is 31.6 Å². The third-order valence-electron chi connectivity index (χ3n) is 4.13. The van der Waals surface area contributed by atoms with Gasteiger partial charge in [0.05, 0.1) is 11.7 Å². The van der Waals surface area contributed by atoms with Crippen LogP contribution in [-0.4, -0.2) is 37.2 Å². The first-order valence-electron chi connectivity index (χ1n) is 7.85. The number of anilines is 2. The number of nitrogens with one attached hydrogen (secondary N) is 1. The van der Waals surface area contributed by atoms with Crippen molar-refractivity contribution in [1.29, 1.82) is 0 Å². The number of hydrogen-bond donors (Lipinski definition) is 1. The molecule has 1 amide bonds. The Balaban J connectivity index is 1.64. The first kappa shape index (κ1) is 15.5. The van der Waals surface area contributed by atoms with Gasteiger partial charge in [-0.05, 0) is 49.2 Å². The maximum Gasteiger partial charge on any atom is 0.257 e. The molecule has 0 radical (unpaired) electrons. The van der Waals surface area contributed by atoms with Crippen LogP contribution in [0.5, 0.6) is 0 Å². The van der Waals surface area contributed by atoms with Crippen molar-refractivity contribution in [2.45, 2.75) is 18.9 Å². The highest BCUT2D eigenvalue weighted by molar-refractivity contribution is 6.04. The predicted octanol–water partition coefficient (Wildman–Crippen LogP) is 2.95. The average Bonchev–Trinajstić information content (AvgIpc) is 2.63.